The Morgan fingerprint density at radius 1 is 1.04 bits per heavy atom. The molecular weight excluding hydrogens is 362 g/mol. The van der Waals surface area contributed by atoms with Gasteiger partial charge in [0, 0.05) is 25.7 Å². The monoisotopic (exact) mass is 403 g/mol. The number of likely N-dealkylation sites (tertiary alicyclic amines) is 1. The van der Waals surface area contributed by atoms with E-state index in [9.17, 15) is 8.42 Å². The van der Waals surface area contributed by atoms with Gasteiger partial charge in [-0.05, 0) is 52.1 Å². The van der Waals surface area contributed by atoms with Crippen LogP contribution < -0.4 is 15.4 Å². The van der Waals surface area contributed by atoms with Crippen LogP contribution in [-0.2, 0) is 10.0 Å². The number of guanidine groups is 1. The van der Waals surface area contributed by atoms with Gasteiger partial charge in [0.2, 0.25) is 10.0 Å². The normalized spacial score (nSPS) is 18.3. The third-order valence-corrected chi connectivity index (χ3v) is 6.41. The van der Waals surface area contributed by atoms with Crippen molar-refractivity contribution >= 4 is 16.0 Å². The molecule has 27 heavy (non-hydrogen) atoms. The standard InChI is InChI=1S/C19H41N5O2S/c1-5-20-19(21-12-11-13-23-27(25,26)6-2)22-16-18(17(3)4)24-14-9-7-8-10-15-24/h17-18,23H,5-16H2,1-4H3,(H2,20,21,22). The second-order valence-corrected chi connectivity index (χ2v) is 9.65. The molecule has 1 aliphatic heterocycles. The lowest BCUT2D eigenvalue weighted by Gasteiger charge is -2.32. The van der Waals surface area contributed by atoms with Crippen molar-refractivity contribution in [3.8, 4) is 0 Å². The molecule has 0 aromatic heterocycles. The number of aliphatic imine (C=N–C) groups is 1. The van der Waals surface area contributed by atoms with Gasteiger partial charge in [0.25, 0.3) is 0 Å². The van der Waals surface area contributed by atoms with E-state index in [1.54, 1.807) is 6.92 Å². The third kappa shape index (κ3) is 10.3. The zero-order valence-electron chi connectivity index (χ0n) is 17.8. The number of hydrogen-bond acceptors (Lipinski definition) is 4. The highest BCUT2D eigenvalue weighted by molar-refractivity contribution is 7.89. The van der Waals surface area contributed by atoms with Crippen LogP contribution in [0.15, 0.2) is 4.99 Å². The maximum atomic E-state index is 11.4. The zero-order valence-corrected chi connectivity index (χ0v) is 18.6. The number of hydrogen-bond donors (Lipinski definition) is 3. The van der Waals surface area contributed by atoms with Crippen LogP contribution in [0, 0.1) is 5.92 Å². The zero-order chi connectivity index (χ0) is 20.1. The summed E-state index contributed by atoms with van der Waals surface area (Å²) in [5, 5.41) is 6.61. The van der Waals surface area contributed by atoms with Crippen molar-refractivity contribution in [3.05, 3.63) is 0 Å². The maximum absolute atomic E-state index is 11.4. The summed E-state index contributed by atoms with van der Waals surface area (Å²) in [5.41, 5.74) is 0. The summed E-state index contributed by atoms with van der Waals surface area (Å²) in [5.74, 6) is 1.51. The molecule has 0 spiro atoms. The van der Waals surface area contributed by atoms with Gasteiger partial charge in [-0.3, -0.25) is 9.89 Å². The highest BCUT2D eigenvalue weighted by atomic mass is 32.2. The van der Waals surface area contributed by atoms with E-state index in [0.29, 0.717) is 25.0 Å². The van der Waals surface area contributed by atoms with Crippen molar-refractivity contribution < 1.29 is 8.42 Å². The van der Waals surface area contributed by atoms with Crippen molar-refractivity contribution in [1.29, 1.82) is 0 Å². The Hall–Kier alpha value is -0.860. The van der Waals surface area contributed by atoms with Gasteiger partial charge >= 0.3 is 0 Å². The quantitative estimate of drug-likeness (QED) is 0.278. The summed E-state index contributed by atoms with van der Waals surface area (Å²) >= 11 is 0. The summed E-state index contributed by atoms with van der Waals surface area (Å²) in [6.07, 6.45) is 5.99. The molecule has 1 aliphatic rings. The van der Waals surface area contributed by atoms with Crippen LogP contribution in [0.25, 0.3) is 0 Å². The molecule has 0 aliphatic carbocycles. The molecule has 0 amide bonds. The molecule has 3 N–H and O–H groups in total. The van der Waals surface area contributed by atoms with Gasteiger partial charge in [-0.2, -0.15) is 0 Å². The lowest BCUT2D eigenvalue weighted by molar-refractivity contribution is 0.166. The van der Waals surface area contributed by atoms with Crippen LogP contribution in [0.1, 0.15) is 59.8 Å². The second-order valence-electron chi connectivity index (χ2n) is 7.56. The van der Waals surface area contributed by atoms with Crippen molar-refractivity contribution in [1.82, 2.24) is 20.3 Å². The number of nitrogens with zero attached hydrogens (tertiary/aromatic N) is 2. The lowest BCUT2D eigenvalue weighted by Crippen LogP contribution is -2.44. The van der Waals surface area contributed by atoms with Crippen LogP contribution in [0.2, 0.25) is 0 Å². The predicted octanol–water partition coefficient (Wildman–Crippen LogP) is 1.77. The van der Waals surface area contributed by atoms with E-state index in [2.05, 4.69) is 41.0 Å². The Kier molecular flexibility index (Phi) is 11.9. The molecule has 1 atom stereocenters. The predicted molar refractivity (Wildman–Crippen MR) is 115 cm³/mol. The average Bonchev–Trinajstić information content (AvgIpc) is 2.90. The molecule has 160 valence electrons. The minimum Gasteiger partial charge on any atom is -0.357 e. The smallest absolute Gasteiger partial charge is 0.211 e. The fourth-order valence-corrected chi connectivity index (χ4v) is 3.99. The Balaban J connectivity index is 2.51. The lowest BCUT2D eigenvalue weighted by atomic mass is 10.0. The Labute approximate surface area is 166 Å². The van der Waals surface area contributed by atoms with E-state index in [-0.39, 0.29) is 5.75 Å². The largest absolute Gasteiger partial charge is 0.357 e. The van der Waals surface area contributed by atoms with Gasteiger partial charge in [-0.25, -0.2) is 13.1 Å². The number of sulfonamides is 1. The first-order valence-corrected chi connectivity index (χ1v) is 12.3. The molecule has 0 bridgehead atoms. The van der Waals surface area contributed by atoms with Gasteiger partial charge < -0.3 is 10.6 Å². The topological polar surface area (TPSA) is 85.8 Å². The van der Waals surface area contributed by atoms with Gasteiger partial charge in [0.1, 0.15) is 0 Å². The highest BCUT2D eigenvalue weighted by Gasteiger charge is 2.22. The molecule has 1 fully saturated rings. The van der Waals surface area contributed by atoms with E-state index >= 15 is 0 Å². The van der Waals surface area contributed by atoms with Gasteiger partial charge in [0.05, 0.1) is 12.3 Å². The van der Waals surface area contributed by atoms with E-state index in [4.69, 9.17) is 4.99 Å². The molecule has 7 nitrogen and oxygen atoms in total. The summed E-state index contributed by atoms with van der Waals surface area (Å²) < 4.78 is 25.5. The molecule has 1 saturated heterocycles. The molecule has 0 saturated carbocycles. The molecular formula is C19H41N5O2S. The molecule has 0 aromatic carbocycles. The second kappa shape index (κ2) is 13.3. The van der Waals surface area contributed by atoms with Crippen LogP contribution in [-0.4, -0.2) is 70.3 Å². The Morgan fingerprint density at radius 2 is 1.70 bits per heavy atom. The van der Waals surface area contributed by atoms with Crippen molar-refractivity contribution in [3.63, 3.8) is 0 Å². The van der Waals surface area contributed by atoms with Crippen molar-refractivity contribution in [2.75, 3.05) is 45.0 Å². The van der Waals surface area contributed by atoms with E-state index in [1.165, 1.54) is 38.8 Å². The van der Waals surface area contributed by atoms with Crippen LogP contribution in [0.5, 0.6) is 0 Å². The SMILES string of the molecule is CCNC(=NCC(C(C)C)N1CCCCCC1)NCCCNS(=O)(=O)CC. The molecule has 8 heteroatoms. The van der Waals surface area contributed by atoms with Crippen LogP contribution in [0.3, 0.4) is 0 Å². The molecule has 0 aromatic rings. The first-order valence-electron chi connectivity index (χ1n) is 10.6. The van der Waals surface area contributed by atoms with Crippen molar-refractivity contribution in [2.45, 2.75) is 65.8 Å². The van der Waals surface area contributed by atoms with Crippen molar-refractivity contribution in [2.24, 2.45) is 10.9 Å². The van der Waals surface area contributed by atoms with Crippen LogP contribution in [0.4, 0.5) is 0 Å². The Bertz CT molecular complexity index is 514. The highest BCUT2D eigenvalue weighted by Crippen LogP contribution is 2.17. The van der Waals surface area contributed by atoms with Gasteiger partial charge in [-0.15, -0.1) is 0 Å². The summed E-state index contributed by atoms with van der Waals surface area (Å²) in [4.78, 5) is 7.43. The van der Waals surface area contributed by atoms with E-state index in [1.807, 2.05) is 0 Å². The third-order valence-electron chi connectivity index (χ3n) is 5.01. The molecule has 1 heterocycles. The first-order chi connectivity index (χ1) is 12.9. The minimum atomic E-state index is -3.11. The summed E-state index contributed by atoms with van der Waals surface area (Å²) in [7, 11) is -3.11. The first kappa shape index (κ1) is 24.2. The van der Waals surface area contributed by atoms with Gasteiger partial charge in [0.15, 0.2) is 5.96 Å². The molecule has 0 radical (unpaired) electrons. The summed E-state index contributed by atoms with van der Waals surface area (Å²) in [6.45, 7) is 13.4. The minimum absolute atomic E-state index is 0.123. The van der Waals surface area contributed by atoms with Gasteiger partial charge in [-0.1, -0.05) is 26.7 Å². The Morgan fingerprint density at radius 3 is 2.26 bits per heavy atom. The van der Waals surface area contributed by atoms with E-state index in [0.717, 1.165) is 25.5 Å². The fraction of sp³-hybridized carbons (Fsp3) is 0.947. The average molecular weight is 404 g/mol. The summed E-state index contributed by atoms with van der Waals surface area (Å²) in [6, 6.07) is 0.468. The number of rotatable bonds is 11. The molecule has 1 unspecified atom stereocenters. The number of nitrogens with one attached hydrogen (secondary N) is 3. The van der Waals surface area contributed by atoms with Crippen LogP contribution >= 0.6 is 0 Å². The fourth-order valence-electron chi connectivity index (χ4n) is 3.33. The maximum Gasteiger partial charge on any atom is 0.211 e. The molecule has 1 rings (SSSR count). The van der Waals surface area contributed by atoms with E-state index < -0.39 is 10.0 Å².